The summed E-state index contributed by atoms with van der Waals surface area (Å²) in [6.07, 6.45) is 3.40. The second-order valence-corrected chi connectivity index (χ2v) is 6.20. The van der Waals surface area contributed by atoms with E-state index in [1.165, 1.54) is 11.8 Å². The first-order valence-electron chi connectivity index (χ1n) is 7.34. The maximum Gasteiger partial charge on any atom is 0.287 e. The molecule has 0 aromatic carbocycles. The van der Waals surface area contributed by atoms with E-state index in [1.54, 1.807) is 30.4 Å². The van der Waals surface area contributed by atoms with Crippen LogP contribution in [0.15, 0.2) is 39.6 Å². The highest BCUT2D eigenvalue weighted by molar-refractivity contribution is 7.07. The number of furan rings is 1. The Hall–Kier alpha value is -2.08. The summed E-state index contributed by atoms with van der Waals surface area (Å²) in [4.78, 5) is 26.5. The predicted molar refractivity (Wildman–Crippen MR) is 83.6 cm³/mol. The van der Waals surface area contributed by atoms with Crippen molar-refractivity contribution in [3.05, 3.63) is 46.5 Å². The van der Waals surface area contributed by atoms with Gasteiger partial charge in [0.25, 0.3) is 5.91 Å². The van der Waals surface area contributed by atoms with Crippen LogP contribution in [-0.4, -0.2) is 29.3 Å². The van der Waals surface area contributed by atoms with Crippen LogP contribution >= 0.6 is 11.3 Å². The summed E-state index contributed by atoms with van der Waals surface area (Å²) >= 11 is 1.64. The molecule has 2 atom stereocenters. The smallest absolute Gasteiger partial charge is 0.287 e. The molecular formula is C16H18N2O3S. The second-order valence-electron chi connectivity index (χ2n) is 5.42. The van der Waals surface area contributed by atoms with Crippen molar-refractivity contribution in [1.82, 2.24) is 10.2 Å². The van der Waals surface area contributed by atoms with E-state index < -0.39 is 6.04 Å². The van der Waals surface area contributed by atoms with Gasteiger partial charge in [0, 0.05) is 6.54 Å². The lowest BCUT2D eigenvalue weighted by Gasteiger charge is -2.27. The zero-order chi connectivity index (χ0) is 15.5. The fraction of sp³-hybridized carbons (Fsp3) is 0.375. The molecule has 0 saturated carbocycles. The van der Waals surface area contributed by atoms with Crippen LogP contribution in [0.2, 0.25) is 0 Å². The van der Waals surface area contributed by atoms with Crippen LogP contribution in [0.5, 0.6) is 0 Å². The van der Waals surface area contributed by atoms with Gasteiger partial charge in [0.2, 0.25) is 5.91 Å². The first-order chi connectivity index (χ1) is 10.7. The standard InChI is InChI=1S/C16H18N2O3S/c1-11(17-15(19)14-5-3-8-21-14)16(20)18-7-2-4-13(18)12-6-9-22-10-12/h3,5-6,8-11,13H,2,4,7H2,1H3,(H,17,19)/t11-,13-/m1/s1. The molecule has 2 aromatic heterocycles. The third kappa shape index (κ3) is 2.92. The number of likely N-dealkylation sites (tertiary alicyclic amines) is 1. The first-order valence-corrected chi connectivity index (χ1v) is 8.28. The summed E-state index contributed by atoms with van der Waals surface area (Å²) in [5.41, 5.74) is 1.18. The van der Waals surface area contributed by atoms with Gasteiger partial charge in [0.1, 0.15) is 6.04 Å². The van der Waals surface area contributed by atoms with E-state index >= 15 is 0 Å². The molecule has 1 aliphatic rings. The largest absolute Gasteiger partial charge is 0.459 e. The number of amides is 2. The minimum absolute atomic E-state index is 0.0476. The summed E-state index contributed by atoms with van der Waals surface area (Å²) in [7, 11) is 0. The number of thiophene rings is 1. The van der Waals surface area contributed by atoms with Crippen molar-refractivity contribution in [3.63, 3.8) is 0 Å². The Balaban J connectivity index is 1.66. The zero-order valence-corrected chi connectivity index (χ0v) is 13.1. The highest BCUT2D eigenvalue weighted by Gasteiger charge is 2.33. The number of hydrogen-bond acceptors (Lipinski definition) is 4. The van der Waals surface area contributed by atoms with Crippen molar-refractivity contribution in [1.29, 1.82) is 0 Å². The Labute approximate surface area is 132 Å². The molecule has 0 bridgehead atoms. The summed E-state index contributed by atoms with van der Waals surface area (Å²) in [5, 5.41) is 6.82. The van der Waals surface area contributed by atoms with Crippen LogP contribution in [0.1, 0.15) is 41.9 Å². The van der Waals surface area contributed by atoms with Crippen LogP contribution in [0, 0.1) is 0 Å². The fourth-order valence-electron chi connectivity index (χ4n) is 2.83. The van der Waals surface area contributed by atoms with E-state index in [0.717, 1.165) is 19.4 Å². The molecule has 116 valence electrons. The Morgan fingerprint density at radius 3 is 3.00 bits per heavy atom. The van der Waals surface area contributed by atoms with E-state index in [9.17, 15) is 9.59 Å². The highest BCUT2D eigenvalue weighted by Crippen LogP contribution is 2.33. The monoisotopic (exact) mass is 318 g/mol. The van der Waals surface area contributed by atoms with Crippen molar-refractivity contribution in [2.45, 2.75) is 31.8 Å². The van der Waals surface area contributed by atoms with Crippen LogP contribution in [-0.2, 0) is 4.79 Å². The molecule has 2 amide bonds. The van der Waals surface area contributed by atoms with Gasteiger partial charge in [-0.25, -0.2) is 0 Å². The minimum Gasteiger partial charge on any atom is -0.459 e. The Kier molecular flexibility index (Phi) is 4.29. The van der Waals surface area contributed by atoms with E-state index in [1.807, 2.05) is 10.3 Å². The molecule has 1 N–H and O–H groups in total. The molecule has 5 nitrogen and oxygen atoms in total. The number of nitrogens with one attached hydrogen (secondary N) is 1. The molecule has 6 heteroatoms. The van der Waals surface area contributed by atoms with Crippen molar-refractivity contribution < 1.29 is 14.0 Å². The molecule has 3 rings (SSSR count). The first kappa shape index (κ1) is 14.8. The molecule has 1 aliphatic heterocycles. The van der Waals surface area contributed by atoms with E-state index in [-0.39, 0.29) is 23.6 Å². The van der Waals surface area contributed by atoms with Crippen molar-refractivity contribution in [3.8, 4) is 0 Å². The molecule has 1 saturated heterocycles. The molecular weight excluding hydrogens is 300 g/mol. The lowest BCUT2D eigenvalue weighted by Crippen LogP contribution is -2.46. The number of carbonyl (C=O) groups excluding carboxylic acids is 2. The molecule has 0 unspecified atom stereocenters. The number of rotatable bonds is 4. The van der Waals surface area contributed by atoms with Crippen LogP contribution < -0.4 is 5.32 Å². The number of carbonyl (C=O) groups is 2. The van der Waals surface area contributed by atoms with Gasteiger partial charge in [0.05, 0.1) is 12.3 Å². The van der Waals surface area contributed by atoms with Crippen LogP contribution in [0.25, 0.3) is 0 Å². The van der Waals surface area contributed by atoms with Gasteiger partial charge in [-0.15, -0.1) is 0 Å². The lowest BCUT2D eigenvalue weighted by molar-refractivity contribution is -0.133. The van der Waals surface area contributed by atoms with Gasteiger partial charge in [-0.1, -0.05) is 0 Å². The predicted octanol–water partition coefficient (Wildman–Crippen LogP) is 2.82. The topological polar surface area (TPSA) is 62.6 Å². The van der Waals surface area contributed by atoms with Gasteiger partial charge in [-0.2, -0.15) is 11.3 Å². The Morgan fingerprint density at radius 2 is 2.32 bits per heavy atom. The quantitative estimate of drug-likeness (QED) is 0.943. The Bertz CT molecular complexity index is 636. The molecule has 2 aromatic rings. The molecule has 22 heavy (non-hydrogen) atoms. The molecule has 0 spiro atoms. The summed E-state index contributed by atoms with van der Waals surface area (Å²) in [5.74, 6) is -0.193. The van der Waals surface area contributed by atoms with Gasteiger partial charge < -0.3 is 14.6 Å². The lowest BCUT2D eigenvalue weighted by atomic mass is 10.1. The minimum atomic E-state index is -0.572. The SMILES string of the molecule is C[C@@H](NC(=O)c1ccco1)C(=O)N1CCC[C@@H]1c1ccsc1. The van der Waals surface area contributed by atoms with Gasteiger partial charge in [0.15, 0.2) is 5.76 Å². The van der Waals surface area contributed by atoms with Crippen molar-refractivity contribution in [2.75, 3.05) is 6.54 Å². The zero-order valence-electron chi connectivity index (χ0n) is 12.3. The van der Waals surface area contributed by atoms with E-state index in [4.69, 9.17) is 4.42 Å². The maximum atomic E-state index is 12.6. The summed E-state index contributed by atoms with van der Waals surface area (Å²) < 4.78 is 5.05. The van der Waals surface area contributed by atoms with Gasteiger partial charge >= 0.3 is 0 Å². The third-order valence-corrected chi connectivity index (χ3v) is 4.63. The normalized spacial score (nSPS) is 19.1. The highest BCUT2D eigenvalue weighted by atomic mass is 32.1. The molecule has 0 radical (unpaired) electrons. The maximum absolute atomic E-state index is 12.6. The van der Waals surface area contributed by atoms with Crippen molar-refractivity contribution >= 4 is 23.2 Å². The molecule has 0 aliphatic carbocycles. The third-order valence-electron chi connectivity index (χ3n) is 3.93. The van der Waals surface area contributed by atoms with Crippen LogP contribution in [0.3, 0.4) is 0 Å². The average Bonchev–Trinajstić information content (AvgIpc) is 3.26. The molecule has 1 fully saturated rings. The van der Waals surface area contributed by atoms with Crippen LogP contribution in [0.4, 0.5) is 0 Å². The van der Waals surface area contributed by atoms with E-state index in [0.29, 0.717) is 0 Å². The van der Waals surface area contributed by atoms with Crippen molar-refractivity contribution in [2.24, 2.45) is 0 Å². The summed E-state index contributed by atoms with van der Waals surface area (Å²) in [6.45, 7) is 2.45. The molecule has 3 heterocycles. The Morgan fingerprint density at radius 1 is 1.45 bits per heavy atom. The van der Waals surface area contributed by atoms with Gasteiger partial charge in [-0.05, 0) is 54.3 Å². The average molecular weight is 318 g/mol. The van der Waals surface area contributed by atoms with E-state index in [2.05, 4.69) is 16.8 Å². The van der Waals surface area contributed by atoms with Gasteiger partial charge in [-0.3, -0.25) is 9.59 Å². The summed E-state index contributed by atoms with van der Waals surface area (Å²) in [6, 6.07) is 4.84. The number of hydrogen-bond donors (Lipinski definition) is 1. The second kappa shape index (κ2) is 6.36. The number of nitrogens with zero attached hydrogens (tertiary/aromatic N) is 1. The fourth-order valence-corrected chi connectivity index (χ4v) is 3.53.